The fraction of sp³-hybridized carbons (Fsp3) is 0.500. The molecule has 0 atom stereocenters. The van der Waals surface area contributed by atoms with E-state index in [0.29, 0.717) is 47.2 Å². The van der Waals surface area contributed by atoms with Crippen LogP contribution in [0, 0.1) is 0 Å². The number of hydrogen-bond donors (Lipinski definition) is 1. The number of ether oxygens (including phenoxy) is 2. The number of amides is 1. The van der Waals surface area contributed by atoms with E-state index in [0.717, 1.165) is 19.3 Å². The van der Waals surface area contributed by atoms with Crippen molar-refractivity contribution in [2.45, 2.75) is 52.0 Å². The predicted octanol–water partition coefficient (Wildman–Crippen LogP) is 5.09. The van der Waals surface area contributed by atoms with Crippen molar-refractivity contribution < 1.29 is 14.3 Å². The van der Waals surface area contributed by atoms with E-state index in [1.165, 1.54) is 12.8 Å². The van der Waals surface area contributed by atoms with Gasteiger partial charge in [0.25, 0.3) is 5.91 Å². The molecule has 1 amide bonds. The van der Waals surface area contributed by atoms with E-state index in [9.17, 15) is 4.79 Å². The first-order chi connectivity index (χ1) is 13.1. The highest BCUT2D eigenvalue weighted by molar-refractivity contribution is 6.32. The van der Waals surface area contributed by atoms with Gasteiger partial charge in [-0.25, -0.2) is 4.68 Å². The zero-order valence-corrected chi connectivity index (χ0v) is 16.6. The van der Waals surface area contributed by atoms with Crippen molar-refractivity contribution in [3.63, 3.8) is 0 Å². The van der Waals surface area contributed by atoms with Gasteiger partial charge in [0.1, 0.15) is 5.82 Å². The molecular weight excluding hydrogens is 366 g/mol. The monoisotopic (exact) mass is 391 g/mol. The molecule has 0 radical (unpaired) electrons. The van der Waals surface area contributed by atoms with Crippen molar-refractivity contribution in [2.24, 2.45) is 0 Å². The number of nitrogens with one attached hydrogen (secondary N) is 1. The molecule has 1 aromatic heterocycles. The third-order valence-corrected chi connectivity index (χ3v) is 4.89. The van der Waals surface area contributed by atoms with Crippen molar-refractivity contribution in [3.05, 3.63) is 35.0 Å². The standard InChI is InChI=1S/C20H26ClN3O3/c1-3-11-27-19-16(21)12-14(13-17(19)26-4-2)20(25)23-18-9-10-22-24(18)15-7-5-6-8-15/h9-10,12-13,15H,3-8,11H2,1-2H3,(H,23,25). The largest absolute Gasteiger partial charge is 0.490 e. The number of anilines is 1. The molecule has 146 valence electrons. The van der Waals surface area contributed by atoms with Crippen molar-refractivity contribution >= 4 is 23.3 Å². The number of benzene rings is 1. The van der Waals surface area contributed by atoms with E-state index in [4.69, 9.17) is 21.1 Å². The maximum Gasteiger partial charge on any atom is 0.257 e. The Hall–Kier alpha value is -2.21. The molecule has 1 fully saturated rings. The second-order valence-electron chi connectivity index (χ2n) is 6.62. The fourth-order valence-electron chi connectivity index (χ4n) is 3.35. The summed E-state index contributed by atoms with van der Waals surface area (Å²) in [4.78, 5) is 12.8. The second kappa shape index (κ2) is 9.13. The normalized spacial score (nSPS) is 14.3. The van der Waals surface area contributed by atoms with Gasteiger partial charge >= 0.3 is 0 Å². The van der Waals surface area contributed by atoms with Gasteiger partial charge < -0.3 is 14.8 Å². The molecule has 1 aromatic carbocycles. The zero-order chi connectivity index (χ0) is 19.2. The van der Waals surface area contributed by atoms with E-state index < -0.39 is 0 Å². The first-order valence-electron chi connectivity index (χ1n) is 9.58. The van der Waals surface area contributed by atoms with E-state index >= 15 is 0 Å². The molecule has 1 saturated carbocycles. The Morgan fingerprint density at radius 3 is 2.78 bits per heavy atom. The number of nitrogens with zero attached hydrogens (tertiary/aromatic N) is 2. The summed E-state index contributed by atoms with van der Waals surface area (Å²) in [7, 11) is 0. The highest BCUT2D eigenvalue weighted by Crippen LogP contribution is 2.37. The minimum Gasteiger partial charge on any atom is -0.490 e. The fourth-order valence-corrected chi connectivity index (χ4v) is 3.61. The molecule has 1 aliphatic rings. The quantitative estimate of drug-likeness (QED) is 0.680. The van der Waals surface area contributed by atoms with Crippen LogP contribution in [-0.4, -0.2) is 28.9 Å². The zero-order valence-electron chi connectivity index (χ0n) is 15.8. The molecule has 0 aliphatic heterocycles. The first kappa shape index (κ1) is 19.5. The molecule has 0 unspecified atom stereocenters. The lowest BCUT2D eigenvalue weighted by Gasteiger charge is -2.16. The summed E-state index contributed by atoms with van der Waals surface area (Å²) >= 11 is 6.36. The van der Waals surface area contributed by atoms with E-state index in [2.05, 4.69) is 10.4 Å². The molecular formula is C20H26ClN3O3. The number of carbonyl (C=O) groups is 1. The van der Waals surface area contributed by atoms with Gasteiger partial charge in [0.15, 0.2) is 11.5 Å². The lowest BCUT2D eigenvalue weighted by molar-refractivity contribution is 0.102. The van der Waals surface area contributed by atoms with Crippen LogP contribution >= 0.6 is 11.6 Å². The lowest BCUT2D eigenvalue weighted by atomic mass is 10.2. The molecule has 2 aromatic rings. The van der Waals surface area contributed by atoms with Crippen LogP contribution in [0.2, 0.25) is 5.02 Å². The van der Waals surface area contributed by atoms with Gasteiger partial charge in [-0.1, -0.05) is 31.4 Å². The molecule has 0 bridgehead atoms. The lowest BCUT2D eigenvalue weighted by Crippen LogP contribution is -2.18. The number of rotatable bonds is 8. The van der Waals surface area contributed by atoms with Crippen molar-refractivity contribution in [2.75, 3.05) is 18.5 Å². The number of hydrogen-bond acceptors (Lipinski definition) is 4. The third kappa shape index (κ3) is 4.56. The van der Waals surface area contributed by atoms with E-state index in [1.54, 1.807) is 18.3 Å². The van der Waals surface area contributed by atoms with Crippen LogP contribution in [0.5, 0.6) is 11.5 Å². The van der Waals surface area contributed by atoms with Crippen LogP contribution in [0.4, 0.5) is 5.82 Å². The predicted molar refractivity (Wildman–Crippen MR) is 106 cm³/mol. The Kier molecular flexibility index (Phi) is 6.61. The first-order valence-corrected chi connectivity index (χ1v) is 9.95. The molecule has 1 heterocycles. The average molecular weight is 392 g/mol. The molecule has 1 N–H and O–H groups in total. The van der Waals surface area contributed by atoms with E-state index in [-0.39, 0.29) is 5.91 Å². The molecule has 0 spiro atoms. The highest BCUT2D eigenvalue weighted by atomic mass is 35.5. The third-order valence-electron chi connectivity index (χ3n) is 4.60. The number of halogens is 1. The maximum atomic E-state index is 12.8. The topological polar surface area (TPSA) is 65.4 Å². The van der Waals surface area contributed by atoms with Crippen LogP contribution in [0.3, 0.4) is 0 Å². The van der Waals surface area contributed by atoms with Gasteiger partial charge in [0, 0.05) is 11.6 Å². The molecule has 0 saturated heterocycles. The minimum absolute atomic E-state index is 0.250. The Morgan fingerprint density at radius 2 is 2.07 bits per heavy atom. The smallest absolute Gasteiger partial charge is 0.257 e. The summed E-state index contributed by atoms with van der Waals surface area (Å²) in [6, 6.07) is 5.45. The van der Waals surface area contributed by atoms with Crippen LogP contribution in [0.1, 0.15) is 62.4 Å². The SMILES string of the molecule is CCCOc1c(Cl)cc(C(=O)Nc2ccnn2C2CCCC2)cc1OCC. The summed E-state index contributed by atoms with van der Waals surface area (Å²) in [6.45, 7) is 4.89. The summed E-state index contributed by atoms with van der Waals surface area (Å²) in [5, 5.41) is 7.70. The van der Waals surface area contributed by atoms with Gasteiger partial charge in [-0.05, 0) is 38.3 Å². The number of carbonyl (C=O) groups excluding carboxylic acids is 1. The second-order valence-corrected chi connectivity index (χ2v) is 7.03. The van der Waals surface area contributed by atoms with Crippen LogP contribution in [0.25, 0.3) is 0 Å². The van der Waals surface area contributed by atoms with Gasteiger partial charge in [0.2, 0.25) is 0 Å². The molecule has 1 aliphatic carbocycles. The van der Waals surface area contributed by atoms with Crippen molar-refractivity contribution in [3.8, 4) is 11.5 Å². The Bertz CT molecular complexity index is 785. The van der Waals surface area contributed by atoms with Crippen molar-refractivity contribution in [1.29, 1.82) is 0 Å². The summed E-state index contributed by atoms with van der Waals surface area (Å²) in [5.41, 5.74) is 0.423. The minimum atomic E-state index is -0.250. The molecule has 27 heavy (non-hydrogen) atoms. The highest BCUT2D eigenvalue weighted by Gasteiger charge is 2.22. The Balaban J connectivity index is 1.81. The van der Waals surface area contributed by atoms with E-state index in [1.807, 2.05) is 24.6 Å². The molecule has 3 rings (SSSR count). The van der Waals surface area contributed by atoms with Gasteiger partial charge in [-0.15, -0.1) is 0 Å². The maximum absolute atomic E-state index is 12.8. The van der Waals surface area contributed by atoms with Crippen LogP contribution in [-0.2, 0) is 0 Å². The summed E-state index contributed by atoms with van der Waals surface area (Å²) < 4.78 is 13.2. The Labute approximate surface area is 164 Å². The van der Waals surface area contributed by atoms with Crippen LogP contribution < -0.4 is 14.8 Å². The summed E-state index contributed by atoms with van der Waals surface area (Å²) in [6.07, 6.45) is 7.15. The van der Waals surface area contributed by atoms with Crippen LogP contribution in [0.15, 0.2) is 24.4 Å². The summed E-state index contributed by atoms with van der Waals surface area (Å²) in [5.74, 6) is 1.41. The molecule has 7 heteroatoms. The van der Waals surface area contributed by atoms with Gasteiger partial charge in [-0.2, -0.15) is 5.10 Å². The van der Waals surface area contributed by atoms with Crippen molar-refractivity contribution in [1.82, 2.24) is 9.78 Å². The number of aromatic nitrogens is 2. The van der Waals surface area contributed by atoms with Gasteiger partial charge in [0.05, 0.1) is 30.5 Å². The average Bonchev–Trinajstić information content (AvgIpc) is 3.32. The van der Waals surface area contributed by atoms with Gasteiger partial charge in [-0.3, -0.25) is 4.79 Å². The Morgan fingerprint density at radius 1 is 1.30 bits per heavy atom. The molecule has 6 nitrogen and oxygen atoms in total.